The van der Waals surface area contributed by atoms with Gasteiger partial charge in [0.25, 0.3) is 0 Å². The Morgan fingerprint density at radius 1 is 0.526 bits per heavy atom. The van der Waals surface area contributed by atoms with Crippen LogP contribution in [0.2, 0.25) is 0 Å². The summed E-state index contributed by atoms with van der Waals surface area (Å²) in [5, 5.41) is 35.6. The first-order valence-electron chi connectivity index (χ1n) is 3.63. The fraction of sp³-hybridized carbons (Fsp3) is 0.500. The summed E-state index contributed by atoms with van der Waals surface area (Å²) in [4.78, 5) is 35.6. The van der Waals surface area contributed by atoms with Crippen LogP contribution >= 0.6 is 0 Å². The molecule has 0 aliphatic carbocycles. The largest absolute Gasteiger partial charge is 2.00 e. The van der Waals surface area contributed by atoms with E-state index in [2.05, 4.69) is 0 Å². The number of rotatable bonds is 0. The Labute approximate surface area is 165 Å². The fourth-order valence-corrected chi connectivity index (χ4v) is 0. The van der Waals surface area contributed by atoms with Crippen molar-refractivity contribution in [3.8, 4) is 0 Å². The van der Waals surface area contributed by atoms with Crippen LogP contribution in [-0.4, -0.2) is 23.9 Å². The van der Waals surface area contributed by atoms with Crippen molar-refractivity contribution in [2.45, 2.75) is 27.7 Å². The van der Waals surface area contributed by atoms with Gasteiger partial charge in [-0.3, -0.25) is 0 Å². The van der Waals surface area contributed by atoms with Crippen molar-refractivity contribution in [2.24, 2.45) is 0 Å². The standard InChI is InChI=1S/4C2H4O2.2Na.Ni/c4*1-2(3)4;;;/h4*1H3,(H,3,4);;;/q;;;;2*+1;+2/p-4. The Bertz CT molecular complexity index is 171. The number of carbonyl (C=O) groups is 4. The van der Waals surface area contributed by atoms with Crippen LogP contribution in [-0.2, 0) is 35.7 Å². The Morgan fingerprint density at radius 3 is 0.526 bits per heavy atom. The van der Waals surface area contributed by atoms with Crippen LogP contribution in [0.25, 0.3) is 0 Å². The molecule has 0 radical (unpaired) electrons. The molecule has 0 fully saturated rings. The van der Waals surface area contributed by atoms with E-state index in [1.165, 1.54) is 0 Å². The Hall–Kier alpha value is 0.374. The maximum atomic E-state index is 8.89. The fourth-order valence-electron chi connectivity index (χ4n) is 0. The van der Waals surface area contributed by atoms with Gasteiger partial charge in [0.1, 0.15) is 0 Å². The van der Waals surface area contributed by atoms with E-state index >= 15 is 0 Å². The van der Waals surface area contributed by atoms with Gasteiger partial charge >= 0.3 is 75.6 Å². The summed E-state index contributed by atoms with van der Waals surface area (Å²) in [7, 11) is 0. The van der Waals surface area contributed by atoms with E-state index in [0.717, 1.165) is 27.7 Å². The smallest absolute Gasteiger partial charge is 0.550 e. The molecule has 0 amide bonds. The third kappa shape index (κ3) is 35300. The molecule has 0 aliphatic heterocycles. The molecule has 0 heterocycles. The number of hydrogen-bond donors (Lipinski definition) is 0. The maximum Gasteiger partial charge on any atom is 2.00 e. The predicted molar refractivity (Wildman–Crippen MR) is 42.7 cm³/mol. The molecule has 0 aromatic rings. The number of carboxylic acids is 4. The Kier molecular flexibility index (Phi) is 81.4. The van der Waals surface area contributed by atoms with E-state index in [0.29, 0.717) is 0 Å². The third-order valence-corrected chi connectivity index (χ3v) is 0. The molecule has 11 heteroatoms. The van der Waals surface area contributed by atoms with Crippen molar-refractivity contribution < 1.29 is 115 Å². The van der Waals surface area contributed by atoms with Gasteiger partial charge in [0, 0.05) is 23.9 Å². The molecule has 0 aromatic heterocycles. The van der Waals surface area contributed by atoms with Crippen LogP contribution in [0.5, 0.6) is 0 Å². The maximum absolute atomic E-state index is 8.89. The van der Waals surface area contributed by atoms with Gasteiger partial charge in [-0.25, -0.2) is 0 Å². The number of aliphatic carboxylic acids is 4. The second-order valence-electron chi connectivity index (χ2n) is 1.97. The number of carbonyl (C=O) groups excluding carboxylic acids is 4. The minimum Gasteiger partial charge on any atom is -0.550 e. The number of hydrogen-bond acceptors (Lipinski definition) is 8. The molecule has 0 unspecified atom stereocenters. The van der Waals surface area contributed by atoms with Crippen molar-refractivity contribution >= 4 is 23.9 Å². The van der Waals surface area contributed by atoms with Gasteiger partial charge in [0.15, 0.2) is 0 Å². The van der Waals surface area contributed by atoms with Crippen molar-refractivity contribution in [1.29, 1.82) is 0 Å². The molecule has 0 atom stereocenters. The minimum absolute atomic E-state index is 0. The van der Waals surface area contributed by atoms with Crippen LogP contribution in [0.1, 0.15) is 27.7 Å². The molecule has 8 nitrogen and oxygen atoms in total. The van der Waals surface area contributed by atoms with Crippen molar-refractivity contribution in [3.63, 3.8) is 0 Å². The third-order valence-electron chi connectivity index (χ3n) is 0. The Morgan fingerprint density at radius 2 is 0.526 bits per heavy atom. The molecular weight excluding hydrogens is 329 g/mol. The average molecular weight is 341 g/mol. The number of carboxylic acid groups (broad SMARTS) is 4. The first-order valence-corrected chi connectivity index (χ1v) is 3.63. The quantitative estimate of drug-likeness (QED) is 0.392. The zero-order valence-corrected chi connectivity index (χ0v) is 16.6. The molecule has 0 aromatic carbocycles. The molecule has 0 saturated heterocycles. The van der Waals surface area contributed by atoms with Gasteiger partial charge in [-0.05, 0) is 27.7 Å². The summed E-state index contributed by atoms with van der Waals surface area (Å²) in [5.74, 6) is -4.33. The first-order chi connectivity index (χ1) is 6.93. The normalized spacial score (nSPS) is 5.26. The molecule has 0 bridgehead atoms. The van der Waals surface area contributed by atoms with Crippen LogP contribution < -0.4 is 79.5 Å². The topological polar surface area (TPSA) is 161 Å². The monoisotopic (exact) mass is 340 g/mol. The van der Waals surface area contributed by atoms with E-state index in [1.807, 2.05) is 0 Å². The van der Waals surface area contributed by atoms with Crippen LogP contribution in [0.15, 0.2) is 0 Å². The minimum atomic E-state index is -1.08. The van der Waals surface area contributed by atoms with Gasteiger partial charge in [0.05, 0.1) is 0 Å². The molecule has 0 saturated carbocycles. The molecule has 19 heavy (non-hydrogen) atoms. The van der Waals surface area contributed by atoms with Gasteiger partial charge in [0.2, 0.25) is 0 Å². The van der Waals surface area contributed by atoms with E-state index in [-0.39, 0.29) is 75.6 Å². The summed E-state index contributed by atoms with van der Waals surface area (Å²) >= 11 is 0. The van der Waals surface area contributed by atoms with E-state index in [4.69, 9.17) is 39.6 Å². The molecule has 104 valence electrons. The molecule has 0 N–H and O–H groups in total. The predicted octanol–water partition coefficient (Wildman–Crippen LogP) is -11.0. The van der Waals surface area contributed by atoms with Gasteiger partial charge in [-0.1, -0.05) is 0 Å². The Balaban J connectivity index is -0.0000000192. The van der Waals surface area contributed by atoms with Crippen LogP contribution in [0.4, 0.5) is 0 Å². The summed E-state index contributed by atoms with van der Waals surface area (Å²) in [5.41, 5.74) is 0. The molecule has 0 spiro atoms. The second-order valence-corrected chi connectivity index (χ2v) is 1.97. The van der Waals surface area contributed by atoms with E-state index in [1.54, 1.807) is 0 Å². The van der Waals surface area contributed by atoms with E-state index in [9.17, 15) is 0 Å². The molecule has 0 aliphatic rings. The SMILES string of the molecule is CC(=O)[O-].CC(=O)[O-].CC(=O)[O-].CC(=O)[O-].[Na+].[Na+].[Ni+2]. The van der Waals surface area contributed by atoms with Crippen molar-refractivity contribution in [1.82, 2.24) is 0 Å². The second kappa shape index (κ2) is 36.2. The zero-order valence-electron chi connectivity index (χ0n) is 11.6. The van der Waals surface area contributed by atoms with Crippen LogP contribution in [0.3, 0.4) is 0 Å². The summed E-state index contributed by atoms with van der Waals surface area (Å²) in [6.45, 7) is 3.89. The molecular formula is C8H12Na2NiO8. The first kappa shape index (κ1) is 42.7. The van der Waals surface area contributed by atoms with Gasteiger partial charge < -0.3 is 39.6 Å². The van der Waals surface area contributed by atoms with Crippen LogP contribution in [0, 0.1) is 0 Å². The molecule has 0 rings (SSSR count). The van der Waals surface area contributed by atoms with E-state index < -0.39 is 23.9 Å². The zero-order chi connectivity index (χ0) is 14.3. The summed E-state index contributed by atoms with van der Waals surface area (Å²) in [6.07, 6.45) is 0. The summed E-state index contributed by atoms with van der Waals surface area (Å²) < 4.78 is 0. The average Bonchev–Trinajstić information content (AvgIpc) is 1.76. The van der Waals surface area contributed by atoms with Gasteiger partial charge in [-0.2, -0.15) is 0 Å². The van der Waals surface area contributed by atoms with Gasteiger partial charge in [-0.15, -0.1) is 0 Å². The summed E-state index contributed by atoms with van der Waals surface area (Å²) in [6, 6.07) is 0. The van der Waals surface area contributed by atoms with Crippen molar-refractivity contribution in [3.05, 3.63) is 0 Å². The van der Waals surface area contributed by atoms with Crippen molar-refractivity contribution in [2.75, 3.05) is 0 Å².